The minimum Gasteiger partial charge on any atom is -0.293 e. The molecule has 5 rings (SSSR count). The van der Waals surface area contributed by atoms with Gasteiger partial charge in [-0.3, -0.25) is 4.90 Å². The second-order valence-electron chi connectivity index (χ2n) is 7.55. The van der Waals surface area contributed by atoms with Gasteiger partial charge in [-0.25, -0.2) is 22.4 Å². The number of aromatic nitrogens is 3. The van der Waals surface area contributed by atoms with E-state index in [4.69, 9.17) is 4.98 Å². The van der Waals surface area contributed by atoms with Crippen molar-refractivity contribution in [3.8, 4) is 0 Å². The van der Waals surface area contributed by atoms with Crippen molar-refractivity contribution in [2.45, 2.75) is 43.2 Å². The van der Waals surface area contributed by atoms with Crippen molar-refractivity contribution >= 4 is 10.0 Å². The molecule has 28 heavy (non-hydrogen) atoms. The molecule has 3 aromatic rings. The zero-order valence-electron chi connectivity index (χ0n) is 15.5. The van der Waals surface area contributed by atoms with E-state index in [0.717, 1.165) is 42.3 Å². The maximum Gasteiger partial charge on any atom is 0.267 e. The highest BCUT2D eigenvalue weighted by atomic mass is 32.2. The zero-order chi connectivity index (χ0) is 19.1. The molecule has 0 bridgehead atoms. The summed E-state index contributed by atoms with van der Waals surface area (Å²) in [5.74, 6) is 1.56. The maximum atomic E-state index is 13.0. The summed E-state index contributed by atoms with van der Waals surface area (Å²) in [6.07, 6.45) is 6.88. The van der Waals surface area contributed by atoms with Gasteiger partial charge in [0.1, 0.15) is 5.82 Å². The number of hydrogen-bond acceptors (Lipinski definition) is 5. The summed E-state index contributed by atoms with van der Waals surface area (Å²) < 4.78 is 27.4. The molecule has 3 heterocycles. The van der Waals surface area contributed by atoms with Crippen LogP contribution in [0.25, 0.3) is 0 Å². The fourth-order valence-corrected chi connectivity index (χ4v) is 5.14. The van der Waals surface area contributed by atoms with Crippen LogP contribution >= 0.6 is 0 Å². The Bertz CT molecular complexity index is 1100. The van der Waals surface area contributed by atoms with E-state index in [1.165, 1.54) is 16.8 Å². The van der Waals surface area contributed by atoms with E-state index in [1.54, 1.807) is 36.5 Å². The molecule has 0 radical (unpaired) electrons. The third kappa shape index (κ3) is 3.25. The molecule has 7 heteroatoms. The lowest BCUT2D eigenvalue weighted by Gasteiger charge is -2.28. The van der Waals surface area contributed by atoms with Crippen molar-refractivity contribution in [1.29, 1.82) is 0 Å². The Hall–Kier alpha value is -2.51. The molecule has 0 unspecified atom stereocenters. The van der Waals surface area contributed by atoms with E-state index in [9.17, 15) is 8.42 Å². The van der Waals surface area contributed by atoms with Gasteiger partial charge in [0, 0.05) is 61.3 Å². The highest BCUT2D eigenvalue weighted by molar-refractivity contribution is 7.90. The van der Waals surface area contributed by atoms with Crippen LogP contribution in [0.3, 0.4) is 0 Å². The average molecular weight is 395 g/mol. The molecule has 6 nitrogen and oxygen atoms in total. The van der Waals surface area contributed by atoms with E-state index in [1.807, 2.05) is 18.3 Å². The third-order valence-electron chi connectivity index (χ3n) is 5.45. The smallest absolute Gasteiger partial charge is 0.267 e. The fourth-order valence-electron chi connectivity index (χ4n) is 3.76. The number of nitrogens with zero attached hydrogens (tertiary/aromatic N) is 4. The van der Waals surface area contributed by atoms with Gasteiger partial charge in [0.25, 0.3) is 10.0 Å². The second-order valence-corrected chi connectivity index (χ2v) is 9.36. The number of hydrogen-bond donors (Lipinski definition) is 0. The summed E-state index contributed by atoms with van der Waals surface area (Å²) >= 11 is 0. The standard InChI is InChI=1S/C21H22N4O2S/c26-28(27,19-6-2-1-3-7-19)25-11-4-5-18(25)15-24-12-10-20-17(14-24)13-22-21(23-20)16-8-9-16/h1-7,11,13,16H,8-10,12,14-15H2. The lowest BCUT2D eigenvalue weighted by Crippen LogP contribution is -2.32. The normalized spacial score (nSPS) is 17.4. The lowest BCUT2D eigenvalue weighted by molar-refractivity contribution is 0.239. The van der Waals surface area contributed by atoms with Gasteiger partial charge in [-0.1, -0.05) is 18.2 Å². The Balaban J connectivity index is 1.36. The Kier molecular flexibility index (Phi) is 4.29. The quantitative estimate of drug-likeness (QED) is 0.666. The van der Waals surface area contributed by atoms with Crippen molar-refractivity contribution in [3.05, 3.63) is 77.6 Å². The number of benzene rings is 1. The Morgan fingerprint density at radius 3 is 2.68 bits per heavy atom. The van der Waals surface area contributed by atoms with Crippen LogP contribution in [-0.4, -0.2) is 33.8 Å². The van der Waals surface area contributed by atoms with E-state index in [-0.39, 0.29) is 0 Å². The van der Waals surface area contributed by atoms with Gasteiger partial charge in [0.05, 0.1) is 4.90 Å². The fraction of sp³-hybridized carbons (Fsp3) is 0.333. The van der Waals surface area contributed by atoms with Crippen LogP contribution in [0.2, 0.25) is 0 Å². The van der Waals surface area contributed by atoms with E-state index >= 15 is 0 Å². The molecular formula is C21H22N4O2S. The molecule has 144 valence electrons. The van der Waals surface area contributed by atoms with Crippen molar-refractivity contribution in [1.82, 2.24) is 18.8 Å². The summed E-state index contributed by atoms with van der Waals surface area (Å²) in [7, 11) is -3.58. The van der Waals surface area contributed by atoms with Crippen LogP contribution < -0.4 is 0 Å². The first-order valence-corrected chi connectivity index (χ1v) is 11.1. The molecule has 1 aromatic carbocycles. The van der Waals surface area contributed by atoms with Crippen LogP contribution in [0, 0.1) is 0 Å². The molecule has 1 aliphatic heterocycles. The average Bonchev–Trinajstić information content (AvgIpc) is 3.47. The molecule has 0 spiro atoms. The van der Waals surface area contributed by atoms with Gasteiger partial charge in [-0.15, -0.1) is 0 Å². The Morgan fingerprint density at radius 2 is 1.89 bits per heavy atom. The predicted octanol–water partition coefficient (Wildman–Crippen LogP) is 2.95. The third-order valence-corrected chi connectivity index (χ3v) is 7.19. The first kappa shape index (κ1) is 17.6. The van der Waals surface area contributed by atoms with Crippen molar-refractivity contribution in [2.24, 2.45) is 0 Å². The molecule has 1 saturated carbocycles. The molecule has 0 amide bonds. The topological polar surface area (TPSA) is 68.1 Å². The monoisotopic (exact) mass is 394 g/mol. The first-order valence-electron chi connectivity index (χ1n) is 9.65. The summed E-state index contributed by atoms with van der Waals surface area (Å²) in [4.78, 5) is 11.9. The minimum absolute atomic E-state index is 0.303. The predicted molar refractivity (Wildman–Crippen MR) is 105 cm³/mol. The molecular weight excluding hydrogens is 372 g/mol. The van der Waals surface area contributed by atoms with E-state index in [0.29, 0.717) is 17.4 Å². The van der Waals surface area contributed by atoms with Gasteiger partial charge >= 0.3 is 0 Å². The molecule has 0 atom stereocenters. The Labute approximate surface area is 164 Å². The van der Waals surface area contributed by atoms with Gasteiger partial charge < -0.3 is 0 Å². The lowest BCUT2D eigenvalue weighted by atomic mass is 10.1. The largest absolute Gasteiger partial charge is 0.293 e. The number of fused-ring (bicyclic) bond motifs is 1. The van der Waals surface area contributed by atoms with E-state index in [2.05, 4.69) is 9.88 Å². The second kappa shape index (κ2) is 6.83. The molecule has 1 aliphatic carbocycles. The van der Waals surface area contributed by atoms with Gasteiger partial charge in [-0.05, 0) is 37.1 Å². The van der Waals surface area contributed by atoms with Crippen LogP contribution in [0.15, 0.2) is 59.8 Å². The van der Waals surface area contributed by atoms with Gasteiger partial charge in [0.2, 0.25) is 0 Å². The molecule has 1 fully saturated rings. The van der Waals surface area contributed by atoms with Gasteiger partial charge in [-0.2, -0.15) is 0 Å². The van der Waals surface area contributed by atoms with E-state index < -0.39 is 10.0 Å². The molecule has 2 aromatic heterocycles. The van der Waals surface area contributed by atoms with Crippen LogP contribution in [-0.2, 0) is 29.5 Å². The number of rotatable bonds is 5. The SMILES string of the molecule is O=S(=O)(c1ccccc1)n1cccc1CN1CCc2nc(C3CC3)ncc2C1. The molecule has 2 aliphatic rings. The summed E-state index contributed by atoms with van der Waals surface area (Å²) in [6, 6.07) is 12.2. The van der Waals surface area contributed by atoms with Crippen LogP contribution in [0.4, 0.5) is 0 Å². The van der Waals surface area contributed by atoms with Gasteiger partial charge in [0.15, 0.2) is 0 Å². The van der Waals surface area contributed by atoms with Crippen LogP contribution in [0.5, 0.6) is 0 Å². The summed E-state index contributed by atoms with van der Waals surface area (Å²) in [5.41, 5.74) is 3.07. The maximum absolute atomic E-state index is 13.0. The zero-order valence-corrected chi connectivity index (χ0v) is 16.3. The first-order chi connectivity index (χ1) is 13.6. The van der Waals surface area contributed by atoms with Crippen molar-refractivity contribution in [3.63, 3.8) is 0 Å². The molecule has 0 saturated heterocycles. The Morgan fingerprint density at radius 1 is 1.07 bits per heavy atom. The summed E-state index contributed by atoms with van der Waals surface area (Å²) in [6.45, 7) is 2.18. The summed E-state index contributed by atoms with van der Waals surface area (Å²) in [5, 5.41) is 0. The van der Waals surface area contributed by atoms with Crippen LogP contribution in [0.1, 0.15) is 41.5 Å². The minimum atomic E-state index is -3.58. The highest BCUT2D eigenvalue weighted by Crippen LogP contribution is 2.38. The molecule has 0 N–H and O–H groups in total. The van der Waals surface area contributed by atoms with Crippen molar-refractivity contribution < 1.29 is 8.42 Å². The van der Waals surface area contributed by atoms with Crippen molar-refractivity contribution in [2.75, 3.05) is 6.54 Å². The highest BCUT2D eigenvalue weighted by Gasteiger charge is 2.28.